The first-order valence-electron chi connectivity index (χ1n) is 7.43. The smallest absolute Gasteiger partial charge is 0.0896 e. The van der Waals surface area contributed by atoms with Crippen LogP contribution in [0.4, 0.5) is 0 Å². The van der Waals surface area contributed by atoms with Crippen LogP contribution in [0, 0.1) is 6.92 Å². The van der Waals surface area contributed by atoms with Crippen LogP contribution in [0.2, 0.25) is 5.02 Å². The summed E-state index contributed by atoms with van der Waals surface area (Å²) in [5.74, 6) is 0. The van der Waals surface area contributed by atoms with Crippen LogP contribution < -0.4 is 5.32 Å². The minimum absolute atomic E-state index is 0.180. The van der Waals surface area contributed by atoms with Crippen LogP contribution in [0.15, 0.2) is 18.2 Å². The summed E-state index contributed by atoms with van der Waals surface area (Å²) in [7, 11) is 1.97. The lowest BCUT2D eigenvalue weighted by Gasteiger charge is -2.41. The zero-order valence-corrected chi connectivity index (χ0v) is 13.4. The van der Waals surface area contributed by atoms with Gasteiger partial charge in [0, 0.05) is 18.1 Å². The van der Waals surface area contributed by atoms with Gasteiger partial charge in [-0.3, -0.25) is 4.90 Å². The predicted octanol–water partition coefficient (Wildman–Crippen LogP) is 3.02. The normalized spacial score (nSPS) is 24.0. The van der Waals surface area contributed by atoms with Gasteiger partial charge in [0.25, 0.3) is 0 Å². The van der Waals surface area contributed by atoms with E-state index in [1.165, 1.54) is 5.56 Å². The van der Waals surface area contributed by atoms with Crippen molar-refractivity contribution >= 4 is 11.6 Å². The first-order chi connectivity index (χ1) is 9.67. The molecule has 1 aliphatic heterocycles. The highest BCUT2D eigenvalue weighted by atomic mass is 35.5. The average Bonchev–Trinajstić information content (AvgIpc) is 2.43. The molecule has 4 heteroatoms. The quantitative estimate of drug-likeness (QED) is 0.904. The van der Waals surface area contributed by atoms with Gasteiger partial charge in [-0.15, -0.1) is 0 Å². The number of halogens is 1. The Kier molecular flexibility index (Phi) is 5.85. The molecule has 1 fully saturated rings. The van der Waals surface area contributed by atoms with Gasteiger partial charge in [0.15, 0.2) is 0 Å². The van der Waals surface area contributed by atoms with Gasteiger partial charge < -0.3 is 10.1 Å². The third kappa shape index (κ3) is 3.53. The number of likely N-dealkylation sites (N-methyl/N-ethyl adjacent to an activating group) is 1. The van der Waals surface area contributed by atoms with E-state index in [0.717, 1.165) is 43.2 Å². The van der Waals surface area contributed by atoms with Crippen molar-refractivity contribution in [1.29, 1.82) is 0 Å². The fourth-order valence-corrected chi connectivity index (χ4v) is 3.10. The minimum Gasteiger partial charge on any atom is -0.374 e. The van der Waals surface area contributed by atoms with Crippen molar-refractivity contribution in [2.24, 2.45) is 0 Å². The topological polar surface area (TPSA) is 24.5 Å². The molecule has 0 amide bonds. The Hall–Kier alpha value is -0.610. The Morgan fingerprint density at radius 2 is 2.25 bits per heavy atom. The molecule has 2 unspecified atom stereocenters. The summed E-state index contributed by atoms with van der Waals surface area (Å²) in [4.78, 5) is 2.52. The van der Waals surface area contributed by atoms with Crippen molar-refractivity contribution in [3.05, 3.63) is 34.3 Å². The summed E-state index contributed by atoms with van der Waals surface area (Å²) in [6.07, 6.45) is 1.33. The first-order valence-corrected chi connectivity index (χ1v) is 7.81. The van der Waals surface area contributed by atoms with Gasteiger partial charge >= 0.3 is 0 Å². The zero-order chi connectivity index (χ0) is 14.5. The lowest BCUT2D eigenvalue weighted by Crippen LogP contribution is -2.48. The Morgan fingerprint density at radius 1 is 1.45 bits per heavy atom. The van der Waals surface area contributed by atoms with E-state index in [9.17, 15) is 0 Å². The molecule has 1 aromatic rings. The van der Waals surface area contributed by atoms with E-state index in [1.807, 2.05) is 14.0 Å². The molecule has 0 aromatic heterocycles. The Labute approximate surface area is 127 Å². The zero-order valence-electron chi connectivity index (χ0n) is 12.7. The van der Waals surface area contributed by atoms with Gasteiger partial charge in [-0.05, 0) is 44.1 Å². The Morgan fingerprint density at radius 3 is 2.90 bits per heavy atom. The number of nitrogens with one attached hydrogen (secondary N) is 1. The summed E-state index contributed by atoms with van der Waals surface area (Å²) in [6.45, 7) is 8.02. The number of ether oxygens (including phenoxy) is 1. The molecule has 0 radical (unpaired) electrons. The van der Waals surface area contributed by atoms with Crippen LogP contribution in [0.3, 0.4) is 0 Å². The van der Waals surface area contributed by atoms with Crippen LogP contribution in [0.25, 0.3) is 0 Å². The van der Waals surface area contributed by atoms with Gasteiger partial charge in [-0.25, -0.2) is 0 Å². The molecule has 1 aromatic carbocycles. The highest BCUT2D eigenvalue weighted by molar-refractivity contribution is 6.31. The Bertz CT molecular complexity index is 420. The molecule has 0 bridgehead atoms. The molecule has 0 spiro atoms. The van der Waals surface area contributed by atoms with E-state index in [2.05, 4.69) is 35.3 Å². The maximum absolute atomic E-state index is 6.31. The van der Waals surface area contributed by atoms with Gasteiger partial charge in [0.1, 0.15) is 0 Å². The van der Waals surface area contributed by atoms with E-state index in [0.29, 0.717) is 0 Å². The molecular weight excluding hydrogens is 272 g/mol. The average molecular weight is 297 g/mol. The third-order valence-electron chi connectivity index (χ3n) is 3.91. The van der Waals surface area contributed by atoms with Crippen LogP contribution >= 0.6 is 11.6 Å². The lowest BCUT2D eigenvalue weighted by molar-refractivity contribution is -0.0704. The molecule has 1 aliphatic rings. The fraction of sp³-hybridized carbons (Fsp3) is 0.625. The lowest BCUT2D eigenvalue weighted by atomic mass is 9.96. The summed E-state index contributed by atoms with van der Waals surface area (Å²) in [5, 5.41) is 4.08. The number of rotatable bonds is 5. The summed E-state index contributed by atoms with van der Waals surface area (Å²) in [6, 6.07) is 6.68. The van der Waals surface area contributed by atoms with Crippen LogP contribution in [-0.4, -0.2) is 44.3 Å². The minimum atomic E-state index is 0.180. The SMILES string of the molecule is CCCN1CCOC(CNC)C1c1ccc(C)c(Cl)c1. The molecule has 1 N–H and O–H groups in total. The third-order valence-corrected chi connectivity index (χ3v) is 4.32. The number of morpholine rings is 1. The van der Waals surface area contributed by atoms with Gasteiger partial charge in [-0.1, -0.05) is 30.7 Å². The molecule has 2 atom stereocenters. The van der Waals surface area contributed by atoms with Crippen molar-refractivity contribution in [3.63, 3.8) is 0 Å². The van der Waals surface area contributed by atoms with E-state index in [4.69, 9.17) is 16.3 Å². The van der Waals surface area contributed by atoms with E-state index < -0.39 is 0 Å². The molecular formula is C16H25ClN2O. The van der Waals surface area contributed by atoms with Crippen LogP contribution in [-0.2, 0) is 4.74 Å². The second-order valence-electron chi connectivity index (χ2n) is 5.46. The van der Waals surface area contributed by atoms with Gasteiger partial charge in [-0.2, -0.15) is 0 Å². The van der Waals surface area contributed by atoms with Gasteiger partial charge in [0.05, 0.1) is 18.8 Å². The molecule has 0 aliphatic carbocycles. The summed E-state index contributed by atoms with van der Waals surface area (Å²) >= 11 is 6.31. The molecule has 3 nitrogen and oxygen atoms in total. The highest BCUT2D eigenvalue weighted by Gasteiger charge is 2.32. The molecule has 0 saturated carbocycles. The maximum Gasteiger partial charge on any atom is 0.0896 e. The Balaban J connectivity index is 2.29. The number of nitrogens with zero attached hydrogens (tertiary/aromatic N) is 1. The standard InChI is InChI=1S/C16H25ClN2O/c1-4-7-19-8-9-20-15(11-18-3)16(19)13-6-5-12(2)14(17)10-13/h5-6,10,15-16,18H,4,7-9,11H2,1-3H3. The predicted molar refractivity (Wildman–Crippen MR) is 84.5 cm³/mol. The molecule has 2 rings (SSSR count). The maximum atomic E-state index is 6.31. The number of aryl methyl sites for hydroxylation is 1. The summed E-state index contributed by atoms with van der Waals surface area (Å²) < 4.78 is 5.98. The highest BCUT2D eigenvalue weighted by Crippen LogP contribution is 2.31. The summed E-state index contributed by atoms with van der Waals surface area (Å²) in [5.41, 5.74) is 2.38. The monoisotopic (exact) mass is 296 g/mol. The molecule has 112 valence electrons. The second-order valence-corrected chi connectivity index (χ2v) is 5.86. The fourth-order valence-electron chi connectivity index (χ4n) is 2.92. The van der Waals surface area contributed by atoms with E-state index in [-0.39, 0.29) is 12.1 Å². The van der Waals surface area contributed by atoms with Crippen LogP contribution in [0.5, 0.6) is 0 Å². The van der Waals surface area contributed by atoms with Crippen molar-refractivity contribution in [2.75, 3.05) is 33.3 Å². The number of benzene rings is 1. The largest absolute Gasteiger partial charge is 0.374 e. The van der Waals surface area contributed by atoms with Crippen molar-refractivity contribution in [2.45, 2.75) is 32.4 Å². The van der Waals surface area contributed by atoms with Gasteiger partial charge in [0.2, 0.25) is 0 Å². The van der Waals surface area contributed by atoms with Crippen molar-refractivity contribution in [3.8, 4) is 0 Å². The first kappa shape index (κ1) is 15.8. The molecule has 20 heavy (non-hydrogen) atoms. The van der Waals surface area contributed by atoms with Crippen molar-refractivity contribution < 1.29 is 4.74 Å². The second kappa shape index (κ2) is 7.41. The van der Waals surface area contributed by atoms with E-state index in [1.54, 1.807) is 0 Å². The molecule has 1 saturated heterocycles. The van der Waals surface area contributed by atoms with Crippen molar-refractivity contribution in [1.82, 2.24) is 10.2 Å². The van der Waals surface area contributed by atoms with Crippen LogP contribution in [0.1, 0.15) is 30.5 Å². The molecule has 1 heterocycles. The van der Waals surface area contributed by atoms with E-state index >= 15 is 0 Å². The number of hydrogen-bond donors (Lipinski definition) is 1. The number of hydrogen-bond acceptors (Lipinski definition) is 3.